The molecule has 0 radical (unpaired) electrons. The van der Waals surface area contributed by atoms with Gasteiger partial charge in [0.05, 0.1) is 11.1 Å². The Kier molecular flexibility index (Phi) is 9.95. The van der Waals surface area contributed by atoms with E-state index in [2.05, 4.69) is 0 Å². The van der Waals surface area contributed by atoms with Crippen LogP contribution in [0.3, 0.4) is 0 Å². The van der Waals surface area contributed by atoms with Crippen molar-refractivity contribution in [2.45, 2.75) is 52.7 Å². The molecule has 8 heteroatoms. The Labute approximate surface area is 255 Å². The van der Waals surface area contributed by atoms with Crippen molar-refractivity contribution in [3.63, 3.8) is 0 Å². The fourth-order valence-electron chi connectivity index (χ4n) is 4.72. The molecule has 0 aromatic heterocycles. The van der Waals surface area contributed by atoms with Crippen LogP contribution in [0.5, 0.6) is 11.5 Å². The Balaban J connectivity index is 1.44. The van der Waals surface area contributed by atoms with Gasteiger partial charge in [-0.25, -0.2) is 9.59 Å². The molecule has 0 saturated heterocycles. The molecule has 2 N–H and O–H groups in total. The number of aromatic hydroxyl groups is 2. The van der Waals surface area contributed by atoms with Gasteiger partial charge in [-0.15, -0.1) is 0 Å². The van der Waals surface area contributed by atoms with Crippen LogP contribution in [-0.4, -0.2) is 33.7 Å². The molecule has 2 unspecified atom stereocenters. The van der Waals surface area contributed by atoms with E-state index in [1.807, 2.05) is 31.2 Å². The number of aryl methyl sites for hydroxylation is 1. The Morgan fingerprint density at radius 3 is 1.61 bits per heavy atom. The van der Waals surface area contributed by atoms with E-state index in [1.165, 1.54) is 43.3 Å². The average molecular weight is 595 g/mol. The van der Waals surface area contributed by atoms with E-state index >= 15 is 0 Å². The summed E-state index contributed by atoms with van der Waals surface area (Å²) in [6.45, 7) is 6.80. The molecule has 4 rings (SSSR count). The van der Waals surface area contributed by atoms with E-state index in [1.54, 1.807) is 38.1 Å². The van der Waals surface area contributed by atoms with Gasteiger partial charge in [0.15, 0.2) is 11.6 Å². The zero-order valence-electron chi connectivity index (χ0n) is 25.0. The molecule has 0 aliphatic rings. The third-order valence-electron chi connectivity index (χ3n) is 7.22. The minimum atomic E-state index is -0.760. The van der Waals surface area contributed by atoms with Crippen molar-refractivity contribution in [3.8, 4) is 11.5 Å². The third-order valence-corrected chi connectivity index (χ3v) is 7.22. The first-order valence-corrected chi connectivity index (χ1v) is 14.3. The molecule has 0 heterocycles. The maximum Gasteiger partial charge on any atom is 0.338 e. The summed E-state index contributed by atoms with van der Waals surface area (Å²) in [7, 11) is 0. The van der Waals surface area contributed by atoms with Crippen molar-refractivity contribution in [2.24, 2.45) is 0 Å². The Morgan fingerprint density at radius 1 is 0.636 bits per heavy atom. The lowest BCUT2D eigenvalue weighted by Gasteiger charge is -2.16. The summed E-state index contributed by atoms with van der Waals surface area (Å²) in [6, 6.07) is 22.5. The number of esters is 2. The van der Waals surface area contributed by atoms with Gasteiger partial charge < -0.3 is 19.7 Å². The summed E-state index contributed by atoms with van der Waals surface area (Å²) >= 11 is 0. The van der Waals surface area contributed by atoms with Crippen LogP contribution in [0.15, 0.2) is 84.9 Å². The van der Waals surface area contributed by atoms with Gasteiger partial charge in [0.2, 0.25) is 0 Å². The molecule has 0 bridgehead atoms. The summed E-state index contributed by atoms with van der Waals surface area (Å²) in [5.41, 5.74) is 3.63. The molecular weight excluding hydrogens is 560 g/mol. The molecule has 0 aliphatic carbocycles. The molecule has 2 atom stereocenters. The van der Waals surface area contributed by atoms with Crippen molar-refractivity contribution in [3.05, 3.63) is 129 Å². The molecule has 0 fully saturated rings. The van der Waals surface area contributed by atoms with Crippen LogP contribution < -0.4 is 0 Å². The lowest BCUT2D eigenvalue weighted by atomic mass is 9.98. The number of hydrogen-bond acceptors (Lipinski definition) is 8. The van der Waals surface area contributed by atoms with E-state index in [0.717, 1.165) is 17.5 Å². The van der Waals surface area contributed by atoms with Crippen LogP contribution in [0.1, 0.15) is 104 Å². The van der Waals surface area contributed by atoms with Gasteiger partial charge in [-0.2, -0.15) is 0 Å². The fourth-order valence-corrected chi connectivity index (χ4v) is 4.72. The minimum Gasteiger partial charge on any atom is -0.508 e. The van der Waals surface area contributed by atoms with Crippen molar-refractivity contribution in [2.75, 3.05) is 0 Å². The highest BCUT2D eigenvalue weighted by Gasteiger charge is 2.20. The standard InChI is InChI=1S/C36H34O8/c1-5-24-8-6-10-26(12-24)22(3)43-35(41)30-16-31(20-33(39)19-30)36(42)44-23(4)27-11-7-9-25(13-27)14-34(40)29-15-28(21(2)37)17-32(38)18-29/h6-13,15-20,22-23,38-39H,5,14H2,1-4H3. The van der Waals surface area contributed by atoms with Gasteiger partial charge in [0, 0.05) is 17.5 Å². The normalized spacial score (nSPS) is 12.2. The monoisotopic (exact) mass is 594 g/mol. The van der Waals surface area contributed by atoms with E-state index in [-0.39, 0.29) is 51.7 Å². The molecular formula is C36H34O8. The first-order valence-electron chi connectivity index (χ1n) is 14.3. The molecule has 4 aromatic rings. The molecule has 0 saturated carbocycles. The lowest BCUT2D eigenvalue weighted by Crippen LogP contribution is -2.13. The lowest BCUT2D eigenvalue weighted by molar-refractivity contribution is 0.0334. The van der Waals surface area contributed by atoms with Crippen LogP contribution in [0.2, 0.25) is 0 Å². The predicted octanol–water partition coefficient (Wildman–Crippen LogP) is 7.12. The zero-order chi connectivity index (χ0) is 32.0. The Hall–Kier alpha value is -5.24. The number of benzene rings is 4. The largest absolute Gasteiger partial charge is 0.508 e. The minimum absolute atomic E-state index is 0.00323. The van der Waals surface area contributed by atoms with Gasteiger partial charge in [-0.05, 0) is 85.8 Å². The van der Waals surface area contributed by atoms with Crippen LogP contribution in [0, 0.1) is 0 Å². The van der Waals surface area contributed by atoms with Crippen molar-refractivity contribution >= 4 is 23.5 Å². The summed E-state index contributed by atoms with van der Waals surface area (Å²) in [5.74, 6) is -2.48. The smallest absolute Gasteiger partial charge is 0.338 e. The predicted molar refractivity (Wildman–Crippen MR) is 164 cm³/mol. The molecule has 44 heavy (non-hydrogen) atoms. The van der Waals surface area contributed by atoms with Crippen molar-refractivity contribution in [1.82, 2.24) is 0 Å². The number of hydrogen-bond donors (Lipinski definition) is 2. The first kappa shape index (κ1) is 31.7. The van der Waals surface area contributed by atoms with Crippen molar-refractivity contribution < 1.29 is 38.9 Å². The van der Waals surface area contributed by atoms with E-state index in [9.17, 15) is 29.4 Å². The highest BCUT2D eigenvalue weighted by molar-refractivity contribution is 6.02. The Morgan fingerprint density at radius 2 is 1.09 bits per heavy atom. The van der Waals surface area contributed by atoms with Crippen molar-refractivity contribution in [1.29, 1.82) is 0 Å². The summed E-state index contributed by atoms with van der Waals surface area (Å²) in [4.78, 5) is 50.6. The maximum atomic E-state index is 13.0. The number of phenols is 2. The maximum absolute atomic E-state index is 13.0. The topological polar surface area (TPSA) is 127 Å². The summed E-state index contributed by atoms with van der Waals surface area (Å²) in [5, 5.41) is 20.2. The number of ether oxygens (including phenoxy) is 2. The second-order valence-electron chi connectivity index (χ2n) is 10.6. The number of carbonyl (C=O) groups excluding carboxylic acids is 4. The van der Waals surface area contributed by atoms with E-state index in [0.29, 0.717) is 11.1 Å². The van der Waals surface area contributed by atoms with Gasteiger partial charge in [-0.3, -0.25) is 9.59 Å². The van der Waals surface area contributed by atoms with Gasteiger partial charge >= 0.3 is 11.9 Å². The van der Waals surface area contributed by atoms with Gasteiger partial charge in [0.25, 0.3) is 0 Å². The molecule has 4 aromatic carbocycles. The summed E-state index contributed by atoms with van der Waals surface area (Å²) < 4.78 is 11.2. The molecule has 0 spiro atoms. The second-order valence-corrected chi connectivity index (χ2v) is 10.6. The molecule has 0 amide bonds. The SMILES string of the molecule is CCc1cccc(C(C)OC(=O)c2cc(O)cc(C(=O)OC(C)c3cccc(CC(=O)c4cc(O)cc(C(C)=O)c4)c3)c2)c1. The first-order chi connectivity index (χ1) is 20.9. The van der Waals surface area contributed by atoms with Crippen LogP contribution >= 0.6 is 0 Å². The molecule has 0 aliphatic heterocycles. The number of phenolic OH excluding ortho intramolecular Hbond substituents is 2. The number of rotatable bonds is 11. The number of Topliss-reactive ketones (excluding diaryl/α,β-unsaturated/α-hetero) is 2. The molecule has 226 valence electrons. The quantitative estimate of drug-likeness (QED) is 0.139. The van der Waals surface area contributed by atoms with Gasteiger partial charge in [0.1, 0.15) is 23.7 Å². The van der Waals surface area contributed by atoms with Crippen LogP contribution in [0.4, 0.5) is 0 Å². The second kappa shape index (κ2) is 13.8. The van der Waals surface area contributed by atoms with Crippen LogP contribution in [-0.2, 0) is 22.3 Å². The highest BCUT2D eigenvalue weighted by Crippen LogP contribution is 2.26. The third kappa shape index (κ3) is 7.98. The van der Waals surface area contributed by atoms with E-state index in [4.69, 9.17) is 9.47 Å². The van der Waals surface area contributed by atoms with E-state index < -0.39 is 24.1 Å². The Bertz CT molecular complexity index is 1720. The highest BCUT2D eigenvalue weighted by atomic mass is 16.5. The van der Waals surface area contributed by atoms with Gasteiger partial charge in [-0.1, -0.05) is 55.5 Å². The van der Waals surface area contributed by atoms with Crippen LogP contribution in [0.25, 0.3) is 0 Å². The zero-order valence-corrected chi connectivity index (χ0v) is 25.0. The molecule has 8 nitrogen and oxygen atoms in total. The fraction of sp³-hybridized carbons (Fsp3) is 0.222. The number of ketones is 2. The average Bonchev–Trinajstić information content (AvgIpc) is 3.00. The number of carbonyl (C=O) groups is 4. The summed E-state index contributed by atoms with van der Waals surface area (Å²) in [6.07, 6.45) is -0.440.